The molecule has 0 saturated heterocycles. The Morgan fingerprint density at radius 2 is 1.81 bits per heavy atom. The number of hydrogen-bond donors (Lipinski definition) is 0. The zero-order chi connectivity index (χ0) is 12.2. The third-order valence-corrected chi connectivity index (χ3v) is 1.90. The van der Waals surface area contributed by atoms with Crippen LogP contribution in [0.1, 0.15) is 18.9 Å². The zero-order valence-electron chi connectivity index (χ0n) is 8.67. The molecule has 0 bridgehead atoms. The second-order valence-corrected chi connectivity index (χ2v) is 3.32. The van der Waals surface area contributed by atoms with Gasteiger partial charge in [0, 0.05) is 6.42 Å². The van der Waals surface area contributed by atoms with Crippen LogP contribution in [-0.2, 0) is 11.0 Å². The maximum Gasteiger partial charge on any atom is 0.416 e. The lowest BCUT2D eigenvalue weighted by atomic mass is 10.2. The van der Waals surface area contributed by atoms with Crippen molar-refractivity contribution in [1.82, 2.24) is 0 Å². The largest absolute Gasteiger partial charge is 0.493 e. The molecular weight excluding hydrogens is 221 g/mol. The first-order chi connectivity index (χ1) is 7.39. The second-order valence-electron chi connectivity index (χ2n) is 3.32. The minimum atomic E-state index is -4.34. The fourth-order valence-electron chi connectivity index (χ4n) is 1.05. The fourth-order valence-corrected chi connectivity index (χ4v) is 1.05. The van der Waals surface area contributed by atoms with Gasteiger partial charge in [0.15, 0.2) is 0 Å². The van der Waals surface area contributed by atoms with Gasteiger partial charge in [0.05, 0.1) is 12.2 Å². The number of benzene rings is 1. The summed E-state index contributed by atoms with van der Waals surface area (Å²) in [6.07, 6.45) is -4.08. The van der Waals surface area contributed by atoms with Crippen LogP contribution in [0, 0.1) is 0 Å². The number of carbonyl (C=O) groups is 1. The van der Waals surface area contributed by atoms with E-state index in [-0.39, 0.29) is 18.8 Å². The molecule has 88 valence electrons. The van der Waals surface area contributed by atoms with Gasteiger partial charge in [-0.3, -0.25) is 4.79 Å². The van der Waals surface area contributed by atoms with Gasteiger partial charge in [0.25, 0.3) is 0 Å². The number of Topliss-reactive ketones (excluding diaryl/α,β-unsaturated/α-hetero) is 1. The minimum Gasteiger partial charge on any atom is -0.493 e. The molecule has 1 aromatic carbocycles. The van der Waals surface area contributed by atoms with Crippen LogP contribution < -0.4 is 4.74 Å². The lowest BCUT2D eigenvalue weighted by Crippen LogP contribution is -2.05. The molecule has 1 aromatic rings. The molecule has 0 aliphatic carbocycles. The van der Waals surface area contributed by atoms with Crippen LogP contribution in [-0.4, -0.2) is 12.4 Å². The van der Waals surface area contributed by atoms with Crippen LogP contribution in [0.2, 0.25) is 0 Å². The summed E-state index contributed by atoms with van der Waals surface area (Å²) in [5.74, 6) is 0.307. The summed E-state index contributed by atoms with van der Waals surface area (Å²) in [6, 6.07) is 4.37. The van der Waals surface area contributed by atoms with Crippen molar-refractivity contribution in [3.63, 3.8) is 0 Å². The molecule has 0 spiro atoms. The monoisotopic (exact) mass is 232 g/mol. The molecule has 1 rings (SSSR count). The predicted molar refractivity (Wildman–Crippen MR) is 52.2 cm³/mol. The molecule has 5 heteroatoms. The van der Waals surface area contributed by atoms with Gasteiger partial charge in [0.2, 0.25) is 0 Å². The van der Waals surface area contributed by atoms with E-state index in [2.05, 4.69) is 0 Å². The Morgan fingerprint density at radius 3 is 2.25 bits per heavy atom. The summed E-state index contributed by atoms with van der Waals surface area (Å²) >= 11 is 0. The van der Waals surface area contributed by atoms with E-state index in [0.717, 1.165) is 12.1 Å². The molecule has 0 aliphatic heterocycles. The van der Waals surface area contributed by atoms with Crippen molar-refractivity contribution < 1.29 is 22.7 Å². The van der Waals surface area contributed by atoms with Crippen molar-refractivity contribution in [3.8, 4) is 5.75 Å². The first-order valence-electron chi connectivity index (χ1n) is 4.69. The molecule has 0 heterocycles. The lowest BCUT2D eigenvalue weighted by Gasteiger charge is -2.08. The third kappa shape index (κ3) is 3.92. The molecular formula is C11H11F3O2. The van der Waals surface area contributed by atoms with Crippen molar-refractivity contribution in [2.75, 3.05) is 6.61 Å². The topological polar surface area (TPSA) is 26.3 Å². The van der Waals surface area contributed by atoms with Crippen molar-refractivity contribution in [3.05, 3.63) is 29.8 Å². The molecule has 0 aliphatic rings. The smallest absolute Gasteiger partial charge is 0.416 e. The Morgan fingerprint density at radius 1 is 1.25 bits per heavy atom. The summed E-state index contributed by atoms with van der Waals surface area (Å²) in [6.45, 7) is 1.61. The van der Waals surface area contributed by atoms with Gasteiger partial charge in [-0.2, -0.15) is 13.2 Å². The molecule has 0 aromatic heterocycles. The Kier molecular flexibility index (Phi) is 3.93. The first kappa shape index (κ1) is 12.5. The van der Waals surface area contributed by atoms with E-state index in [9.17, 15) is 18.0 Å². The Labute approximate surface area is 91.0 Å². The van der Waals surface area contributed by atoms with Crippen LogP contribution in [0.5, 0.6) is 5.75 Å². The van der Waals surface area contributed by atoms with Crippen LogP contribution in [0.3, 0.4) is 0 Å². The number of alkyl halides is 3. The van der Waals surface area contributed by atoms with Crippen molar-refractivity contribution in [1.29, 1.82) is 0 Å². The van der Waals surface area contributed by atoms with Crippen LogP contribution >= 0.6 is 0 Å². The molecule has 2 nitrogen and oxygen atoms in total. The molecule has 0 saturated carbocycles. The molecule has 0 N–H and O–H groups in total. The maximum absolute atomic E-state index is 12.2. The number of halogens is 3. The van der Waals surface area contributed by atoms with E-state index in [1.54, 1.807) is 0 Å². The molecule has 16 heavy (non-hydrogen) atoms. The highest BCUT2D eigenvalue weighted by atomic mass is 19.4. The Balaban J connectivity index is 2.55. The van der Waals surface area contributed by atoms with Gasteiger partial charge in [-0.25, -0.2) is 0 Å². The quantitative estimate of drug-likeness (QED) is 0.797. The number of ketones is 1. The Bertz CT molecular complexity index is 354. The lowest BCUT2D eigenvalue weighted by molar-refractivity contribution is -0.137. The van der Waals surface area contributed by atoms with E-state index in [0.29, 0.717) is 5.75 Å². The first-order valence-corrected chi connectivity index (χ1v) is 4.69. The highest BCUT2D eigenvalue weighted by Crippen LogP contribution is 2.30. The summed E-state index contributed by atoms with van der Waals surface area (Å²) in [5.41, 5.74) is -0.716. The van der Waals surface area contributed by atoms with Gasteiger partial charge >= 0.3 is 6.18 Å². The summed E-state index contributed by atoms with van der Waals surface area (Å²) < 4.78 is 41.7. The summed E-state index contributed by atoms with van der Waals surface area (Å²) in [5, 5.41) is 0. The van der Waals surface area contributed by atoms with Gasteiger partial charge < -0.3 is 4.74 Å². The van der Waals surface area contributed by atoms with Gasteiger partial charge in [-0.05, 0) is 31.2 Å². The number of hydrogen-bond acceptors (Lipinski definition) is 2. The molecule has 0 atom stereocenters. The fraction of sp³-hybridized carbons (Fsp3) is 0.364. The summed E-state index contributed by atoms with van der Waals surface area (Å²) in [4.78, 5) is 10.6. The van der Waals surface area contributed by atoms with E-state index in [1.165, 1.54) is 19.1 Å². The molecule has 0 radical (unpaired) electrons. The van der Waals surface area contributed by atoms with Crippen LogP contribution in [0.15, 0.2) is 24.3 Å². The highest BCUT2D eigenvalue weighted by Gasteiger charge is 2.29. The maximum atomic E-state index is 12.2. The van der Waals surface area contributed by atoms with Gasteiger partial charge in [0.1, 0.15) is 11.5 Å². The number of carbonyl (C=O) groups excluding carboxylic acids is 1. The number of ether oxygens (including phenoxy) is 1. The average molecular weight is 232 g/mol. The Hall–Kier alpha value is -1.52. The van der Waals surface area contributed by atoms with Crippen molar-refractivity contribution >= 4 is 5.78 Å². The minimum absolute atomic E-state index is 0.0214. The standard InChI is InChI=1S/C11H11F3O2/c1-8(15)6-7-16-10-4-2-9(3-5-10)11(12,13)14/h2-5H,6-7H2,1H3. The SMILES string of the molecule is CC(=O)CCOc1ccc(C(F)(F)F)cc1. The number of rotatable bonds is 4. The second kappa shape index (κ2) is 5.01. The highest BCUT2D eigenvalue weighted by molar-refractivity contribution is 5.75. The van der Waals surface area contributed by atoms with Gasteiger partial charge in [-0.15, -0.1) is 0 Å². The van der Waals surface area contributed by atoms with E-state index < -0.39 is 11.7 Å². The van der Waals surface area contributed by atoms with Crippen molar-refractivity contribution in [2.24, 2.45) is 0 Å². The van der Waals surface area contributed by atoms with E-state index in [4.69, 9.17) is 4.74 Å². The molecule has 0 amide bonds. The zero-order valence-corrected chi connectivity index (χ0v) is 8.67. The molecule has 0 fully saturated rings. The van der Waals surface area contributed by atoms with Crippen LogP contribution in [0.4, 0.5) is 13.2 Å². The normalized spacial score (nSPS) is 11.2. The van der Waals surface area contributed by atoms with Crippen LogP contribution in [0.25, 0.3) is 0 Å². The molecule has 0 unspecified atom stereocenters. The van der Waals surface area contributed by atoms with E-state index >= 15 is 0 Å². The third-order valence-electron chi connectivity index (χ3n) is 1.90. The summed E-state index contributed by atoms with van der Waals surface area (Å²) in [7, 11) is 0. The van der Waals surface area contributed by atoms with E-state index in [1.807, 2.05) is 0 Å². The average Bonchev–Trinajstić information content (AvgIpc) is 2.16. The van der Waals surface area contributed by atoms with Crippen molar-refractivity contribution in [2.45, 2.75) is 19.5 Å². The van der Waals surface area contributed by atoms with Gasteiger partial charge in [-0.1, -0.05) is 0 Å². The predicted octanol–water partition coefficient (Wildman–Crippen LogP) is 3.06.